The van der Waals surface area contributed by atoms with Crippen LogP contribution in [0.2, 0.25) is 0 Å². The highest BCUT2D eigenvalue weighted by molar-refractivity contribution is 14.0. The molecule has 0 spiro atoms. The lowest BCUT2D eigenvalue weighted by molar-refractivity contribution is 0.144. The molecule has 0 aliphatic heterocycles. The number of rotatable bonds is 10. The van der Waals surface area contributed by atoms with Crippen LogP contribution in [0.15, 0.2) is 27.8 Å². The Hall–Kier alpha value is -0.800. The summed E-state index contributed by atoms with van der Waals surface area (Å²) in [7, 11) is 1.76. The summed E-state index contributed by atoms with van der Waals surface area (Å²) in [6, 6.07) is 4.57. The molecule has 1 aromatic heterocycles. The summed E-state index contributed by atoms with van der Waals surface area (Å²) in [5, 5.41) is 6.65. The number of halogens is 1. The van der Waals surface area contributed by atoms with E-state index in [0.29, 0.717) is 6.54 Å². The third kappa shape index (κ3) is 8.03. The van der Waals surface area contributed by atoms with Crippen molar-refractivity contribution >= 4 is 29.9 Å². The van der Waals surface area contributed by atoms with Crippen molar-refractivity contribution in [2.24, 2.45) is 4.99 Å². The lowest BCUT2D eigenvalue weighted by Crippen LogP contribution is -2.42. The molecule has 0 aromatic carbocycles. The molecule has 0 amide bonds. The minimum absolute atomic E-state index is 0. The summed E-state index contributed by atoms with van der Waals surface area (Å²) in [6.45, 7) is 7.16. The van der Waals surface area contributed by atoms with Crippen molar-refractivity contribution < 1.29 is 9.15 Å². The SMILES string of the molecule is CCNC(=NCc1ccco1)NCCN(CCOC)C1CC1.I. The van der Waals surface area contributed by atoms with Gasteiger partial charge in [0, 0.05) is 39.3 Å². The van der Waals surface area contributed by atoms with Gasteiger partial charge in [0.05, 0.1) is 12.9 Å². The van der Waals surface area contributed by atoms with Crippen molar-refractivity contribution in [3.63, 3.8) is 0 Å². The van der Waals surface area contributed by atoms with E-state index in [9.17, 15) is 0 Å². The summed E-state index contributed by atoms with van der Waals surface area (Å²) in [5.74, 6) is 1.71. The fourth-order valence-electron chi connectivity index (χ4n) is 2.34. The van der Waals surface area contributed by atoms with Gasteiger partial charge in [-0.15, -0.1) is 24.0 Å². The summed E-state index contributed by atoms with van der Waals surface area (Å²) in [5.41, 5.74) is 0. The first-order chi connectivity index (χ1) is 10.8. The standard InChI is InChI=1S/C16H28N4O2.HI/c1-3-17-16(19-13-15-5-4-11-22-15)18-8-9-20(10-12-21-2)14-6-7-14;/h4-5,11,14H,3,6-10,12-13H2,1-2H3,(H2,17,18,19);1H. The molecule has 0 atom stereocenters. The number of hydrogen-bond donors (Lipinski definition) is 2. The number of guanidine groups is 1. The molecule has 0 saturated heterocycles. The van der Waals surface area contributed by atoms with Crippen LogP contribution in [0.25, 0.3) is 0 Å². The first-order valence-electron chi connectivity index (χ1n) is 8.11. The lowest BCUT2D eigenvalue weighted by Gasteiger charge is -2.22. The molecule has 2 N–H and O–H groups in total. The Labute approximate surface area is 156 Å². The number of ether oxygens (including phenoxy) is 1. The van der Waals surface area contributed by atoms with Crippen LogP contribution in [-0.2, 0) is 11.3 Å². The van der Waals surface area contributed by atoms with E-state index in [1.807, 2.05) is 12.1 Å². The van der Waals surface area contributed by atoms with Gasteiger partial charge in [-0.1, -0.05) is 0 Å². The Balaban J connectivity index is 0.00000264. The van der Waals surface area contributed by atoms with Gasteiger partial charge in [0.25, 0.3) is 0 Å². The van der Waals surface area contributed by atoms with Gasteiger partial charge < -0.3 is 19.8 Å². The molecule has 0 bridgehead atoms. The average molecular weight is 436 g/mol. The number of nitrogens with one attached hydrogen (secondary N) is 2. The van der Waals surface area contributed by atoms with Gasteiger partial charge in [-0.3, -0.25) is 4.90 Å². The second-order valence-corrected chi connectivity index (χ2v) is 5.46. The fraction of sp³-hybridized carbons (Fsp3) is 0.688. The molecule has 1 heterocycles. The van der Waals surface area contributed by atoms with Crippen molar-refractivity contribution in [1.29, 1.82) is 0 Å². The zero-order chi connectivity index (χ0) is 15.6. The zero-order valence-electron chi connectivity index (χ0n) is 14.1. The third-order valence-electron chi connectivity index (χ3n) is 3.65. The van der Waals surface area contributed by atoms with Gasteiger partial charge >= 0.3 is 0 Å². The molecular formula is C16H29IN4O2. The van der Waals surface area contributed by atoms with Crippen LogP contribution in [0, 0.1) is 0 Å². The molecule has 1 aromatic rings. The molecule has 0 unspecified atom stereocenters. The Kier molecular flexibility index (Phi) is 10.3. The molecule has 7 heteroatoms. The monoisotopic (exact) mass is 436 g/mol. The van der Waals surface area contributed by atoms with Gasteiger partial charge in [0.15, 0.2) is 5.96 Å². The lowest BCUT2D eigenvalue weighted by atomic mass is 10.4. The Morgan fingerprint density at radius 2 is 2.22 bits per heavy atom. The second-order valence-electron chi connectivity index (χ2n) is 5.46. The third-order valence-corrected chi connectivity index (χ3v) is 3.65. The Morgan fingerprint density at radius 1 is 1.39 bits per heavy atom. The van der Waals surface area contributed by atoms with Crippen LogP contribution in [0.3, 0.4) is 0 Å². The van der Waals surface area contributed by atoms with Gasteiger partial charge in [0.2, 0.25) is 0 Å². The van der Waals surface area contributed by atoms with Crippen LogP contribution >= 0.6 is 24.0 Å². The highest BCUT2D eigenvalue weighted by atomic mass is 127. The molecule has 2 rings (SSSR count). The van der Waals surface area contributed by atoms with E-state index in [1.165, 1.54) is 12.8 Å². The van der Waals surface area contributed by atoms with Crippen LogP contribution in [0.1, 0.15) is 25.5 Å². The molecule has 23 heavy (non-hydrogen) atoms. The summed E-state index contributed by atoms with van der Waals surface area (Å²) < 4.78 is 10.5. The first kappa shape index (κ1) is 20.2. The van der Waals surface area contributed by atoms with Crippen molar-refractivity contribution in [1.82, 2.24) is 15.5 Å². The van der Waals surface area contributed by atoms with Crippen LogP contribution in [-0.4, -0.2) is 56.8 Å². The van der Waals surface area contributed by atoms with Crippen LogP contribution < -0.4 is 10.6 Å². The minimum Gasteiger partial charge on any atom is -0.467 e. The molecular weight excluding hydrogens is 407 g/mol. The second kappa shape index (κ2) is 11.7. The van der Waals surface area contributed by atoms with E-state index < -0.39 is 0 Å². The van der Waals surface area contributed by atoms with Gasteiger partial charge in [-0.05, 0) is 31.9 Å². The first-order valence-corrected chi connectivity index (χ1v) is 8.11. The molecule has 1 aliphatic rings. The minimum atomic E-state index is 0. The maximum atomic E-state index is 5.30. The van der Waals surface area contributed by atoms with Crippen LogP contribution in [0.5, 0.6) is 0 Å². The van der Waals surface area contributed by atoms with Crippen molar-refractivity contribution in [3.8, 4) is 0 Å². The largest absolute Gasteiger partial charge is 0.467 e. The molecule has 1 saturated carbocycles. The highest BCUT2D eigenvalue weighted by Crippen LogP contribution is 2.25. The van der Waals surface area contributed by atoms with Gasteiger partial charge in [-0.25, -0.2) is 4.99 Å². The smallest absolute Gasteiger partial charge is 0.191 e. The summed E-state index contributed by atoms with van der Waals surface area (Å²) >= 11 is 0. The molecule has 132 valence electrons. The molecule has 1 aliphatic carbocycles. The number of methoxy groups -OCH3 is 1. The van der Waals surface area contributed by atoms with E-state index in [4.69, 9.17) is 9.15 Å². The van der Waals surface area contributed by atoms with E-state index in [2.05, 4.69) is 27.4 Å². The van der Waals surface area contributed by atoms with Crippen molar-refractivity contribution in [2.75, 3.05) is 39.9 Å². The Morgan fingerprint density at radius 3 is 2.83 bits per heavy atom. The van der Waals surface area contributed by atoms with Crippen molar-refractivity contribution in [3.05, 3.63) is 24.2 Å². The van der Waals surface area contributed by atoms with E-state index in [-0.39, 0.29) is 24.0 Å². The number of nitrogens with zero attached hydrogens (tertiary/aromatic N) is 2. The van der Waals surface area contributed by atoms with Crippen molar-refractivity contribution in [2.45, 2.75) is 32.4 Å². The highest BCUT2D eigenvalue weighted by Gasteiger charge is 2.28. The predicted octanol–water partition coefficient (Wildman–Crippen LogP) is 2.06. The Bertz CT molecular complexity index is 435. The zero-order valence-corrected chi connectivity index (χ0v) is 16.4. The predicted molar refractivity (Wildman–Crippen MR) is 103 cm³/mol. The van der Waals surface area contributed by atoms with E-state index in [1.54, 1.807) is 13.4 Å². The van der Waals surface area contributed by atoms with E-state index >= 15 is 0 Å². The molecule has 1 fully saturated rings. The van der Waals surface area contributed by atoms with Gasteiger partial charge in [-0.2, -0.15) is 0 Å². The average Bonchev–Trinajstić information content (AvgIpc) is 3.24. The molecule has 0 radical (unpaired) electrons. The summed E-state index contributed by atoms with van der Waals surface area (Å²) in [4.78, 5) is 7.03. The van der Waals surface area contributed by atoms with Gasteiger partial charge in [0.1, 0.15) is 12.3 Å². The quantitative estimate of drug-likeness (QED) is 0.334. The maximum Gasteiger partial charge on any atom is 0.191 e. The van der Waals surface area contributed by atoms with E-state index in [0.717, 1.165) is 50.5 Å². The fourth-order valence-corrected chi connectivity index (χ4v) is 2.34. The molecule has 6 nitrogen and oxygen atoms in total. The topological polar surface area (TPSA) is 62.0 Å². The number of hydrogen-bond acceptors (Lipinski definition) is 4. The maximum absolute atomic E-state index is 5.30. The summed E-state index contributed by atoms with van der Waals surface area (Å²) in [6.07, 6.45) is 4.31. The normalized spacial score (nSPS) is 14.7. The number of aliphatic imine (C=N–C) groups is 1. The van der Waals surface area contributed by atoms with Crippen LogP contribution in [0.4, 0.5) is 0 Å². The number of furan rings is 1.